The van der Waals surface area contributed by atoms with Crippen molar-refractivity contribution in [2.45, 2.75) is 6.04 Å². The first-order chi connectivity index (χ1) is 14.0. The summed E-state index contributed by atoms with van der Waals surface area (Å²) in [5.74, 6) is -2.01. The fourth-order valence-corrected chi connectivity index (χ4v) is 3.39. The van der Waals surface area contributed by atoms with Crippen LogP contribution >= 0.6 is 11.3 Å². The monoisotopic (exact) mass is 413 g/mol. The van der Waals surface area contributed by atoms with Crippen LogP contribution in [0.1, 0.15) is 22.0 Å². The van der Waals surface area contributed by atoms with Crippen LogP contribution in [-0.4, -0.2) is 18.5 Å². The van der Waals surface area contributed by atoms with Crippen LogP contribution in [0.4, 0.5) is 8.78 Å². The molecule has 1 amide bonds. The Labute approximate surface area is 170 Å². The van der Waals surface area contributed by atoms with Crippen LogP contribution < -0.4 is 5.32 Å². The minimum absolute atomic E-state index is 0.371. The van der Waals surface area contributed by atoms with Crippen molar-refractivity contribution in [1.82, 2.24) is 5.32 Å². The molecular formula is C22H17F2NO3S. The van der Waals surface area contributed by atoms with Crippen molar-refractivity contribution >= 4 is 29.3 Å². The number of hydrogen-bond acceptors (Lipinski definition) is 4. The highest BCUT2D eigenvalue weighted by atomic mass is 32.1. The van der Waals surface area contributed by atoms with Gasteiger partial charge in [-0.3, -0.25) is 4.79 Å². The third kappa shape index (κ3) is 6.08. The largest absolute Gasteiger partial charge is 0.452 e. The molecule has 0 aliphatic heterocycles. The first kappa shape index (κ1) is 20.4. The summed E-state index contributed by atoms with van der Waals surface area (Å²) in [6, 6.07) is 14.8. The number of carbonyl (C=O) groups excluding carboxylic acids is 2. The van der Waals surface area contributed by atoms with Crippen LogP contribution in [0, 0.1) is 11.6 Å². The predicted molar refractivity (Wildman–Crippen MR) is 107 cm³/mol. The maximum Gasteiger partial charge on any atom is 0.331 e. The zero-order valence-corrected chi connectivity index (χ0v) is 16.0. The molecule has 0 aliphatic carbocycles. The smallest absolute Gasteiger partial charge is 0.331 e. The molecule has 3 rings (SSSR count). The van der Waals surface area contributed by atoms with Gasteiger partial charge < -0.3 is 10.1 Å². The molecule has 0 aliphatic rings. The standard InChI is InChI=1S/C22H17F2NO3S/c23-17-9-7-16(8-10-17)22(19-5-2-12-29-19)25-20(26)14-28-21(27)11-6-15-3-1-4-18(24)13-15/h1-13,22H,14H2,(H,25,26)/b11-6+/t22-/m1/s1. The molecule has 0 bridgehead atoms. The maximum atomic E-state index is 13.2. The molecule has 1 aromatic heterocycles. The number of benzene rings is 2. The number of carbonyl (C=O) groups is 2. The topological polar surface area (TPSA) is 55.4 Å². The Hall–Kier alpha value is -3.32. The summed E-state index contributed by atoms with van der Waals surface area (Å²) >= 11 is 1.45. The lowest BCUT2D eigenvalue weighted by Gasteiger charge is -2.18. The van der Waals surface area contributed by atoms with Crippen LogP contribution in [0.3, 0.4) is 0 Å². The van der Waals surface area contributed by atoms with Gasteiger partial charge in [0.25, 0.3) is 5.91 Å². The van der Waals surface area contributed by atoms with E-state index in [1.807, 2.05) is 17.5 Å². The van der Waals surface area contributed by atoms with E-state index >= 15 is 0 Å². The van der Waals surface area contributed by atoms with E-state index in [0.29, 0.717) is 11.1 Å². The van der Waals surface area contributed by atoms with Crippen LogP contribution in [0.15, 0.2) is 72.1 Å². The second kappa shape index (κ2) is 9.75. The van der Waals surface area contributed by atoms with Crippen molar-refractivity contribution in [1.29, 1.82) is 0 Å². The van der Waals surface area contributed by atoms with Gasteiger partial charge in [-0.2, -0.15) is 0 Å². The van der Waals surface area contributed by atoms with Gasteiger partial charge in [0.05, 0.1) is 6.04 Å². The molecule has 0 radical (unpaired) electrons. The summed E-state index contributed by atoms with van der Waals surface area (Å²) < 4.78 is 31.3. The molecule has 0 spiro atoms. The number of nitrogens with one attached hydrogen (secondary N) is 1. The Morgan fingerprint density at radius 2 is 1.83 bits per heavy atom. The highest BCUT2D eigenvalue weighted by Crippen LogP contribution is 2.26. The molecule has 7 heteroatoms. The lowest BCUT2D eigenvalue weighted by Crippen LogP contribution is -2.32. The predicted octanol–water partition coefficient (Wildman–Crippen LogP) is 4.49. The molecule has 4 nitrogen and oxygen atoms in total. The van der Waals surface area contributed by atoms with Crippen molar-refractivity contribution < 1.29 is 23.1 Å². The second-order valence-corrected chi connectivity index (χ2v) is 7.04. The summed E-state index contributed by atoms with van der Waals surface area (Å²) in [5.41, 5.74) is 1.21. The summed E-state index contributed by atoms with van der Waals surface area (Å²) in [6.45, 7) is -0.477. The quantitative estimate of drug-likeness (QED) is 0.459. The molecule has 1 heterocycles. The van der Waals surface area contributed by atoms with Crippen molar-refractivity contribution in [3.63, 3.8) is 0 Å². The Morgan fingerprint density at radius 1 is 1.03 bits per heavy atom. The zero-order chi connectivity index (χ0) is 20.6. The fraction of sp³-hybridized carbons (Fsp3) is 0.0909. The second-order valence-electron chi connectivity index (χ2n) is 6.06. The van der Waals surface area contributed by atoms with Gasteiger partial charge in [-0.05, 0) is 52.9 Å². The number of halogens is 2. The summed E-state index contributed by atoms with van der Waals surface area (Å²) in [4.78, 5) is 24.9. The highest BCUT2D eigenvalue weighted by Gasteiger charge is 2.18. The SMILES string of the molecule is O=C(COC(=O)/C=C/c1cccc(F)c1)N[C@H](c1ccc(F)cc1)c1cccs1. The van der Waals surface area contributed by atoms with Crippen molar-refractivity contribution in [2.75, 3.05) is 6.61 Å². The molecule has 1 N–H and O–H groups in total. The fourth-order valence-electron chi connectivity index (χ4n) is 2.59. The molecule has 0 saturated heterocycles. The van der Waals surface area contributed by atoms with E-state index < -0.39 is 30.3 Å². The normalized spacial score (nSPS) is 11.9. The van der Waals surface area contributed by atoms with Crippen molar-refractivity contribution in [3.8, 4) is 0 Å². The van der Waals surface area contributed by atoms with Gasteiger partial charge >= 0.3 is 5.97 Å². The number of ether oxygens (including phenoxy) is 1. The minimum atomic E-state index is -0.723. The molecule has 2 aromatic carbocycles. The molecule has 148 valence electrons. The number of rotatable bonds is 7. The van der Waals surface area contributed by atoms with Gasteiger partial charge in [-0.25, -0.2) is 13.6 Å². The third-order valence-corrected chi connectivity index (χ3v) is 4.88. The van der Waals surface area contributed by atoms with Gasteiger partial charge in [0.2, 0.25) is 0 Å². The number of esters is 1. The molecular weight excluding hydrogens is 396 g/mol. The van der Waals surface area contributed by atoms with Crippen LogP contribution in [0.25, 0.3) is 6.08 Å². The van der Waals surface area contributed by atoms with E-state index in [4.69, 9.17) is 4.74 Å². The molecule has 29 heavy (non-hydrogen) atoms. The number of thiophene rings is 1. The van der Waals surface area contributed by atoms with E-state index in [1.165, 1.54) is 47.7 Å². The first-order valence-electron chi connectivity index (χ1n) is 8.70. The summed E-state index contributed by atoms with van der Waals surface area (Å²) in [5, 5.41) is 4.66. The van der Waals surface area contributed by atoms with Gasteiger partial charge in [-0.15, -0.1) is 11.3 Å². The molecule has 0 saturated carbocycles. The van der Waals surface area contributed by atoms with E-state index in [2.05, 4.69) is 5.32 Å². The first-order valence-corrected chi connectivity index (χ1v) is 9.58. The van der Waals surface area contributed by atoms with Crippen LogP contribution in [0.2, 0.25) is 0 Å². The van der Waals surface area contributed by atoms with E-state index in [9.17, 15) is 18.4 Å². The number of amides is 1. The molecule has 0 unspecified atom stereocenters. The van der Waals surface area contributed by atoms with Crippen molar-refractivity contribution in [2.24, 2.45) is 0 Å². The van der Waals surface area contributed by atoms with Gasteiger partial charge in [0.15, 0.2) is 6.61 Å². The Morgan fingerprint density at radius 3 is 2.52 bits per heavy atom. The summed E-state index contributed by atoms with van der Waals surface area (Å²) in [6.07, 6.45) is 2.52. The van der Waals surface area contributed by atoms with E-state index in [0.717, 1.165) is 11.0 Å². The van der Waals surface area contributed by atoms with E-state index in [-0.39, 0.29) is 5.82 Å². The van der Waals surface area contributed by atoms with Crippen LogP contribution in [-0.2, 0) is 14.3 Å². The van der Waals surface area contributed by atoms with E-state index in [1.54, 1.807) is 18.2 Å². The number of hydrogen-bond donors (Lipinski definition) is 1. The molecule has 0 fully saturated rings. The lowest BCUT2D eigenvalue weighted by atomic mass is 10.1. The Bertz CT molecular complexity index is 1000. The minimum Gasteiger partial charge on any atom is -0.452 e. The summed E-state index contributed by atoms with van der Waals surface area (Å²) in [7, 11) is 0. The molecule has 3 aromatic rings. The zero-order valence-electron chi connectivity index (χ0n) is 15.2. The van der Waals surface area contributed by atoms with Crippen LogP contribution in [0.5, 0.6) is 0 Å². The molecule has 1 atom stereocenters. The third-order valence-electron chi connectivity index (χ3n) is 3.94. The average molecular weight is 413 g/mol. The maximum absolute atomic E-state index is 13.2. The van der Waals surface area contributed by atoms with Gasteiger partial charge in [0.1, 0.15) is 11.6 Å². The average Bonchev–Trinajstić information content (AvgIpc) is 3.24. The van der Waals surface area contributed by atoms with Gasteiger partial charge in [-0.1, -0.05) is 30.3 Å². The van der Waals surface area contributed by atoms with Gasteiger partial charge in [0, 0.05) is 11.0 Å². The van der Waals surface area contributed by atoms with Crippen molar-refractivity contribution in [3.05, 3.63) is 99.8 Å². The lowest BCUT2D eigenvalue weighted by molar-refractivity contribution is -0.143. The Balaban J connectivity index is 1.59. The highest BCUT2D eigenvalue weighted by molar-refractivity contribution is 7.10. The Kier molecular flexibility index (Phi) is 6.86.